The zero-order chi connectivity index (χ0) is 16.4. The second kappa shape index (κ2) is 6.36. The fourth-order valence-corrected chi connectivity index (χ4v) is 3.63. The third-order valence-electron chi connectivity index (χ3n) is 4.90. The zero-order valence-electron chi connectivity index (χ0n) is 14.1. The molecule has 4 heterocycles. The van der Waals surface area contributed by atoms with Crippen molar-refractivity contribution in [3.63, 3.8) is 0 Å². The number of hydrogen-bond donors (Lipinski definition) is 0. The molecule has 0 amide bonds. The first-order valence-corrected chi connectivity index (χ1v) is 8.52. The fraction of sp³-hybridized carbons (Fsp3) is 0.500. The number of anilines is 2. The number of aromatic nitrogens is 3. The van der Waals surface area contributed by atoms with Crippen molar-refractivity contribution in [2.45, 2.75) is 13.3 Å². The molecule has 1 atom stereocenters. The number of hydrogen-bond acceptors (Lipinski definition) is 6. The summed E-state index contributed by atoms with van der Waals surface area (Å²) in [7, 11) is 0. The quantitative estimate of drug-likeness (QED) is 0.841. The van der Waals surface area contributed by atoms with Crippen LogP contribution in [-0.4, -0.2) is 54.3 Å². The van der Waals surface area contributed by atoms with E-state index in [0.29, 0.717) is 0 Å². The van der Waals surface area contributed by atoms with Crippen LogP contribution in [0, 0.1) is 12.3 Å². The van der Waals surface area contributed by atoms with Gasteiger partial charge >= 0.3 is 0 Å². The predicted octanol–water partition coefficient (Wildman–Crippen LogP) is 1.91. The highest BCUT2D eigenvalue weighted by Gasteiger charge is 2.42. The summed E-state index contributed by atoms with van der Waals surface area (Å²) in [5.41, 5.74) is 1.20. The molecule has 0 aromatic carbocycles. The molecular formula is C18H23N5O. The molecule has 2 saturated heterocycles. The molecule has 2 aromatic heterocycles. The summed E-state index contributed by atoms with van der Waals surface area (Å²) in [5.74, 6) is 1.86. The SMILES string of the molecule is Cc1cnc(N2CCOC[C@@]3(CCN(c4ccccn4)C3)C2)nc1. The lowest BCUT2D eigenvalue weighted by Gasteiger charge is -2.32. The molecule has 6 nitrogen and oxygen atoms in total. The van der Waals surface area contributed by atoms with Gasteiger partial charge in [-0.15, -0.1) is 0 Å². The van der Waals surface area contributed by atoms with E-state index in [2.05, 4.69) is 30.8 Å². The molecule has 4 rings (SSSR count). The Morgan fingerprint density at radius 3 is 2.67 bits per heavy atom. The maximum Gasteiger partial charge on any atom is 0.225 e. The maximum absolute atomic E-state index is 5.95. The van der Waals surface area contributed by atoms with Crippen molar-refractivity contribution in [2.24, 2.45) is 5.41 Å². The monoisotopic (exact) mass is 325 g/mol. The van der Waals surface area contributed by atoms with Gasteiger partial charge < -0.3 is 14.5 Å². The average molecular weight is 325 g/mol. The standard InChI is InChI=1S/C18H23N5O/c1-15-10-20-17(21-11-15)23-8-9-24-14-18(13-23)5-7-22(12-18)16-4-2-3-6-19-16/h2-4,6,10-11H,5,7-9,12-14H2,1H3/t18-/m1/s1. The Kier molecular flexibility index (Phi) is 4.06. The smallest absolute Gasteiger partial charge is 0.225 e. The van der Waals surface area contributed by atoms with Crippen molar-refractivity contribution in [3.05, 3.63) is 42.4 Å². The van der Waals surface area contributed by atoms with E-state index in [4.69, 9.17) is 4.74 Å². The Morgan fingerprint density at radius 1 is 1.04 bits per heavy atom. The Morgan fingerprint density at radius 2 is 1.88 bits per heavy atom. The molecule has 1 spiro atoms. The molecule has 24 heavy (non-hydrogen) atoms. The lowest BCUT2D eigenvalue weighted by Crippen LogP contribution is -2.41. The van der Waals surface area contributed by atoms with Crippen molar-refractivity contribution >= 4 is 11.8 Å². The molecule has 2 fully saturated rings. The highest BCUT2D eigenvalue weighted by Crippen LogP contribution is 2.35. The van der Waals surface area contributed by atoms with Crippen LogP contribution in [0.3, 0.4) is 0 Å². The topological polar surface area (TPSA) is 54.4 Å². The van der Waals surface area contributed by atoms with Gasteiger partial charge in [0.2, 0.25) is 5.95 Å². The van der Waals surface area contributed by atoms with Gasteiger partial charge in [0.05, 0.1) is 13.2 Å². The van der Waals surface area contributed by atoms with E-state index >= 15 is 0 Å². The van der Waals surface area contributed by atoms with Gasteiger partial charge in [0.15, 0.2) is 0 Å². The second-order valence-electron chi connectivity index (χ2n) is 6.89. The minimum Gasteiger partial charge on any atom is -0.379 e. The van der Waals surface area contributed by atoms with E-state index in [9.17, 15) is 0 Å². The minimum atomic E-state index is 0.113. The Hall–Kier alpha value is -2.21. The molecular weight excluding hydrogens is 302 g/mol. The number of aryl methyl sites for hydroxylation is 1. The molecule has 0 N–H and O–H groups in total. The van der Waals surface area contributed by atoms with Gasteiger partial charge in [-0.2, -0.15) is 0 Å². The van der Waals surface area contributed by atoms with Gasteiger partial charge in [-0.25, -0.2) is 15.0 Å². The van der Waals surface area contributed by atoms with E-state index in [-0.39, 0.29) is 5.41 Å². The lowest BCUT2D eigenvalue weighted by molar-refractivity contribution is 0.0812. The summed E-state index contributed by atoms with van der Waals surface area (Å²) < 4.78 is 5.95. The van der Waals surface area contributed by atoms with Crippen LogP contribution < -0.4 is 9.80 Å². The zero-order valence-corrected chi connectivity index (χ0v) is 14.1. The summed E-state index contributed by atoms with van der Waals surface area (Å²) in [6, 6.07) is 6.08. The van der Waals surface area contributed by atoms with Crippen LogP contribution in [0.2, 0.25) is 0 Å². The number of ether oxygens (including phenoxy) is 1. The molecule has 2 aliphatic rings. The minimum absolute atomic E-state index is 0.113. The van der Waals surface area contributed by atoms with Crippen LogP contribution in [-0.2, 0) is 4.74 Å². The van der Waals surface area contributed by atoms with Gasteiger partial charge in [-0.3, -0.25) is 0 Å². The van der Waals surface area contributed by atoms with Crippen LogP contribution in [0.5, 0.6) is 0 Å². The second-order valence-corrected chi connectivity index (χ2v) is 6.89. The Balaban J connectivity index is 1.53. The molecule has 126 valence electrons. The van der Waals surface area contributed by atoms with E-state index in [1.165, 1.54) is 0 Å². The number of pyridine rings is 1. The molecule has 2 aromatic rings. The Bertz CT molecular complexity index is 678. The summed E-state index contributed by atoms with van der Waals surface area (Å²) in [6.07, 6.45) is 6.73. The molecule has 0 radical (unpaired) electrons. The van der Waals surface area contributed by atoms with Gasteiger partial charge in [-0.05, 0) is 31.0 Å². The van der Waals surface area contributed by atoms with Crippen molar-refractivity contribution in [1.82, 2.24) is 15.0 Å². The number of rotatable bonds is 2. The van der Waals surface area contributed by atoms with E-state index < -0.39 is 0 Å². The average Bonchev–Trinajstić information content (AvgIpc) is 2.91. The Labute approximate surface area is 142 Å². The molecule has 0 unspecified atom stereocenters. The summed E-state index contributed by atoms with van der Waals surface area (Å²) in [6.45, 7) is 7.28. The van der Waals surface area contributed by atoms with Crippen molar-refractivity contribution in [3.8, 4) is 0 Å². The normalized spacial score (nSPS) is 24.4. The van der Waals surface area contributed by atoms with Crippen LogP contribution in [0.1, 0.15) is 12.0 Å². The molecule has 2 aliphatic heterocycles. The van der Waals surface area contributed by atoms with Crippen LogP contribution in [0.25, 0.3) is 0 Å². The van der Waals surface area contributed by atoms with Crippen molar-refractivity contribution in [2.75, 3.05) is 49.2 Å². The lowest BCUT2D eigenvalue weighted by atomic mass is 9.87. The largest absolute Gasteiger partial charge is 0.379 e. The summed E-state index contributed by atoms with van der Waals surface area (Å²) in [4.78, 5) is 18.1. The highest BCUT2D eigenvalue weighted by molar-refractivity contribution is 5.41. The highest BCUT2D eigenvalue weighted by atomic mass is 16.5. The molecule has 0 aliphatic carbocycles. The van der Waals surface area contributed by atoms with Crippen molar-refractivity contribution in [1.29, 1.82) is 0 Å². The van der Waals surface area contributed by atoms with E-state index in [1.54, 1.807) is 0 Å². The first kappa shape index (κ1) is 15.3. The van der Waals surface area contributed by atoms with Gasteiger partial charge in [0.25, 0.3) is 0 Å². The molecule has 6 heteroatoms. The number of nitrogens with zero attached hydrogens (tertiary/aromatic N) is 5. The first-order valence-electron chi connectivity index (χ1n) is 8.52. The van der Waals surface area contributed by atoms with Crippen LogP contribution in [0.15, 0.2) is 36.8 Å². The predicted molar refractivity (Wildman–Crippen MR) is 93.3 cm³/mol. The van der Waals surface area contributed by atoms with Crippen molar-refractivity contribution < 1.29 is 4.74 Å². The van der Waals surface area contributed by atoms with Gasteiger partial charge in [0.1, 0.15) is 5.82 Å². The maximum atomic E-state index is 5.95. The third kappa shape index (κ3) is 3.06. The first-order chi connectivity index (χ1) is 11.7. The molecule has 0 saturated carbocycles. The molecule has 0 bridgehead atoms. The van der Waals surface area contributed by atoms with Crippen LogP contribution in [0.4, 0.5) is 11.8 Å². The van der Waals surface area contributed by atoms with Gasteiger partial charge in [0, 0.05) is 50.2 Å². The van der Waals surface area contributed by atoms with E-state index in [1.807, 2.05) is 37.6 Å². The summed E-state index contributed by atoms with van der Waals surface area (Å²) in [5, 5.41) is 0. The van der Waals surface area contributed by atoms with Crippen LogP contribution >= 0.6 is 0 Å². The third-order valence-corrected chi connectivity index (χ3v) is 4.90. The van der Waals surface area contributed by atoms with Gasteiger partial charge in [-0.1, -0.05) is 6.07 Å². The van der Waals surface area contributed by atoms with E-state index in [0.717, 1.165) is 63.1 Å². The fourth-order valence-electron chi connectivity index (χ4n) is 3.63. The summed E-state index contributed by atoms with van der Waals surface area (Å²) >= 11 is 0.